The molecule has 0 aromatic carbocycles. The normalized spacial score (nSPS) is 46.8. The van der Waals surface area contributed by atoms with E-state index >= 15 is 0 Å². The zero-order valence-electron chi connectivity index (χ0n) is 16.6. The highest BCUT2D eigenvalue weighted by Gasteiger charge is 2.65. The Morgan fingerprint density at radius 2 is 2.04 bits per heavy atom. The van der Waals surface area contributed by atoms with Crippen molar-refractivity contribution in [1.29, 1.82) is 0 Å². The van der Waals surface area contributed by atoms with E-state index in [9.17, 15) is 9.90 Å². The Hall–Kier alpha value is 1.15. The van der Waals surface area contributed by atoms with Crippen LogP contribution in [0.15, 0.2) is 11.6 Å². The van der Waals surface area contributed by atoms with Gasteiger partial charge in [-0.3, -0.25) is 4.79 Å². The van der Waals surface area contributed by atoms with Gasteiger partial charge in [-0.05, 0) is 89.8 Å². The number of allylic oxidation sites excluding steroid dienone is 1. The van der Waals surface area contributed by atoms with Crippen molar-refractivity contribution in [3.63, 3.8) is 0 Å². The van der Waals surface area contributed by atoms with Crippen molar-refractivity contribution in [2.45, 2.75) is 68.0 Å². The zero-order valence-corrected chi connectivity index (χ0v) is 21.2. The van der Waals surface area contributed by atoms with Gasteiger partial charge in [0.2, 0.25) is 0 Å². The van der Waals surface area contributed by atoms with E-state index < -0.39 is 5.60 Å². The molecule has 1 saturated heterocycles. The minimum Gasteiger partial charge on any atom is -0.389 e. The van der Waals surface area contributed by atoms with E-state index in [2.05, 4.69) is 57.7 Å². The molecule has 0 amide bonds. The smallest absolute Gasteiger partial charge is 0.139 e. The lowest BCUT2D eigenvalue weighted by Gasteiger charge is -2.60. The van der Waals surface area contributed by atoms with Crippen LogP contribution in [0.2, 0.25) is 0 Å². The molecule has 6 unspecified atom stereocenters. The maximum Gasteiger partial charge on any atom is 0.139 e. The summed E-state index contributed by atoms with van der Waals surface area (Å²) in [4.78, 5) is 13.0. The summed E-state index contributed by atoms with van der Waals surface area (Å²) in [7, 11) is 1.75. The minimum absolute atomic E-state index is 0.240. The van der Waals surface area contributed by atoms with Crippen molar-refractivity contribution < 1.29 is 9.90 Å². The third-order valence-electron chi connectivity index (χ3n) is 8.76. The molecule has 1 spiro atoms. The van der Waals surface area contributed by atoms with Crippen LogP contribution in [0.1, 0.15) is 58.3 Å². The second-order valence-electron chi connectivity index (χ2n) is 9.71. The fourth-order valence-electron chi connectivity index (χ4n) is 7.77. The Balaban J connectivity index is 1.54. The Kier molecular flexibility index (Phi) is 5.73. The molecule has 1 N–H and O–H groups in total. The number of thioether (sulfide) groups is 2. The number of fused-ring (bicyclic) bond motifs is 5. The summed E-state index contributed by atoms with van der Waals surface area (Å²) < 4.78 is 0.333. The standard InChI is InChI=1S/C22H31IO2S3/c1-2-20-12-21(25,13-28-23)19-15-7-8-22(26-9-10-27-22)11-14(15)3-4-16(19)17(20)5-6-18(20)24/h11,15-17,19,25H,2-10,12-13H2,1H3. The molecule has 0 aromatic heterocycles. The van der Waals surface area contributed by atoms with Gasteiger partial charge in [-0.25, -0.2) is 0 Å². The van der Waals surface area contributed by atoms with Crippen molar-refractivity contribution in [2.24, 2.45) is 29.1 Å². The summed E-state index contributed by atoms with van der Waals surface area (Å²) in [6, 6.07) is 0. The number of ketones is 1. The van der Waals surface area contributed by atoms with Gasteiger partial charge in [0.15, 0.2) is 0 Å². The van der Waals surface area contributed by atoms with Gasteiger partial charge in [0, 0.05) is 29.1 Å². The SMILES string of the molecule is CCC12CC(O)(CSI)C3C4CCC5(C=C4CCC3C1CCC2=O)SCCS5. The molecule has 0 radical (unpaired) electrons. The first-order valence-electron chi connectivity index (χ1n) is 11.0. The molecule has 4 aliphatic carbocycles. The summed E-state index contributed by atoms with van der Waals surface area (Å²) in [5.74, 6) is 5.75. The molecule has 0 aromatic rings. The number of carbonyl (C=O) groups is 1. The summed E-state index contributed by atoms with van der Waals surface area (Å²) >= 11 is 6.66. The third kappa shape index (κ3) is 3.04. The van der Waals surface area contributed by atoms with E-state index in [1.807, 2.05) is 0 Å². The van der Waals surface area contributed by atoms with Gasteiger partial charge in [-0.15, -0.1) is 23.5 Å². The number of Topliss-reactive ketones (excluding diaryl/α,β-unsaturated/α-hetero) is 1. The minimum atomic E-state index is -0.687. The van der Waals surface area contributed by atoms with Gasteiger partial charge in [0.1, 0.15) is 5.78 Å². The quantitative estimate of drug-likeness (QED) is 0.339. The number of hydrogen-bond acceptors (Lipinski definition) is 5. The van der Waals surface area contributed by atoms with Gasteiger partial charge in [0.05, 0.1) is 9.68 Å². The Morgan fingerprint density at radius 3 is 2.75 bits per heavy atom. The maximum absolute atomic E-state index is 13.0. The van der Waals surface area contributed by atoms with Crippen molar-refractivity contribution in [3.05, 3.63) is 11.6 Å². The van der Waals surface area contributed by atoms with Gasteiger partial charge >= 0.3 is 0 Å². The average Bonchev–Trinajstić information content (AvgIpc) is 3.26. The van der Waals surface area contributed by atoms with E-state index in [0.717, 1.165) is 31.4 Å². The highest BCUT2D eigenvalue weighted by atomic mass is 127. The lowest BCUT2D eigenvalue weighted by atomic mass is 9.47. The van der Waals surface area contributed by atoms with E-state index in [1.165, 1.54) is 37.2 Å². The van der Waals surface area contributed by atoms with Crippen LogP contribution >= 0.6 is 53.7 Å². The molecule has 3 saturated carbocycles. The van der Waals surface area contributed by atoms with Crippen LogP contribution in [0, 0.1) is 29.1 Å². The maximum atomic E-state index is 13.0. The summed E-state index contributed by atoms with van der Waals surface area (Å²) in [5.41, 5.74) is 0.726. The van der Waals surface area contributed by atoms with Crippen molar-refractivity contribution in [1.82, 2.24) is 0 Å². The number of halogens is 1. The largest absolute Gasteiger partial charge is 0.389 e. The topological polar surface area (TPSA) is 37.3 Å². The predicted octanol–water partition coefficient (Wildman–Crippen LogP) is 6.12. The van der Waals surface area contributed by atoms with E-state index in [1.54, 1.807) is 14.5 Å². The molecule has 4 fully saturated rings. The second-order valence-corrected chi connectivity index (χ2v) is 15.2. The van der Waals surface area contributed by atoms with E-state index in [-0.39, 0.29) is 5.41 Å². The lowest BCUT2D eigenvalue weighted by molar-refractivity contribution is -0.166. The molecule has 0 bridgehead atoms. The van der Waals surface area contributed by atoms with E-state index in [4.69, 9.17) is 0 Å². The van der Waals surface area contributed by atoms with Gasteiger partial charge < -0.3 is 5.11 Å². The first-order chi connectivity index (χ1) is 13.5. The van der Waals surface area contributed by atoms with Crippen LogP contribution in [0.3, 0.4) is 0 Å². The predicted molar refractivity (Wildman–Crippen MR) is 131 cm³/mol. The lowest BCUT2D eigenvalue weighted by Crippen LogP contribution is -2.61. The number of rotatable bonds is 3. The molecule has 6 heteroatoms. The number of hydrogen-bond donors (Lipinski definition) is 1. The fourth-order valence-corrected chi connectivity index (χ4v) is 13.1. The third-order valence-corrected chi connectivity index (χ3v) is 13.7. The highest BCUT2D eigenvalue weighted by molar-refractivity contribution is 14.2. The zero-order chi connectivity index (χ0) is 19.6. The molecule has 156 valence electrons. The molecular weight excluding hydrogens is 519 g/mol. The molecule has 2 nitrogen and oxygen atoms in total. The van der Waals surface area contributed by atoms with Crippen molar-refractivity contribution >= 4 is 59.4 Å². The molecule has 5 rings (SSSR count). The Bertz CT molecular complexity index is 691. The van der Waals surface area contributed by atoms with Crippen LogP contribution in [-0.4, -0.2) is 37.8 Å². The highest BCUT2D eigenvalue weighted by Crippen LogP contribution is 2.66. The van der Waals surface area contributed by atoms with Gasteiger partial charge in [0.25, 0.3) is 0 Å². The second kappa shape index (κ2) is 7.63. The van der Waals surface area contributed by atoms with E-state index in [0.29, 0.717) is 33.5 Å². The first-order valence-corrected chi connectivity index (χ1v) is 16.5. The molecule has 5 aliphatic rings. The summed E-state index contributed by atoms with van der Waals surface area (Å²) in [6.45, 7) is 2.20. The Morgan fingerprint density at radius 1 is 1.25 bits per heavy atom. The number of aliphatic hydroxyl groups is 1. The van der Waals surface area contributed by atoms with Crippen LogP contribution in [-0.2, 0) is 4.79 Å². The fraction of sp³-hybridized carbons (Fsp3) is 0.864. The van der Waals surface area contributed by atoms with Gasteiger partial charge in [-0.1, -0.05) is 27.5 Å². The van der Waals surface area contributed by atoms with Crippen molar-refractivity contribution in [3.8, 4) is 0 Å². The molecule has 28 heavy (non-hydrogen) atoms. The van der Waals surface area contributed by atoms with Crippen molar-refractivity contribution in [2.75, 3.05) is 17.3 Å². The van der Waals surface area contributed by atoms with Gasteiger partial charge in [-0.2, -0.15) is 0 Å². The summed E-state index contributed by atoms with van der Waals surface area (Å²) in [6.07, 6.45) is 11.0. The van der Waals surface area contributed by atoms with Crippen LogP contribution in [0.25, 0.3) is 0 Å². The molecule has 1 aliphatic heterocycles. The summed E-state index contributed by atoms with van der Waals surface area (Å²) in [5, 5.41) is 12.1. The number of carbonyl (C=O) groups excluding carboxylic acids is 1. The molecule has 6 atom stereocenters. The average molecular weight is 551 g/mol. The first kappa shape index (κ1) is 21.0. The van der Waals surface area contributed by atoms with Crippen LogP contribution < -0.4 is 0 Å². The molecule has 1 heterocycles. The van der Waals surface area contributed by atoms with Crippen LogP contribution in [0.4, 0.5) is 0 Å². The Labute approximate surface area is 194 Å². The van der Waals surface area contributed by atoms with Crippen LogP contribution in [0.5, 0.6) is 0 Å². The monoisotopic (exact) mass is 550 g/mol. The molecular formula is C22H31IO2S3.